The lowest BCUT2D eigenvalue weighted by molar-refractivity contribution is 0.173. The summed E-state index contributed by atoms with van der Waals surface area (Å²) in [6.07, 6.45) is 1.06. The minimum Gasteiger partial charge on any atom is -0.383 e. The second kappa shape index (κ2) is 7.23. The van der Waals surface area contributed by atoms with Gasteiger partial charge in [-0.15, -0.1) is 22.9 Å². The van der Waals surface area contributed by atoms with E-state index in [9.17, 15) is 0 Å². The predicted molar refractivity (Wildman–Crippen MR) is 62.4 cm³/mol. The van der Waals surface area contributed by atoms with Crippen LogP contribution in [0.2, 0.25) is 0 Å². The maximum atomic E-state index is 5.77. The van der Waals surface area contributed by atoms with E-state index in [1.165, 1.54) is 4.88 Å². The molecule has 4 heteroatoms. The summed E-state index contributed by atoms with van der Waals surface area (Å²) in [7, 11) is 1.69. The van der Waals surface area contributed by atoms with Crippen molar-refractivity contribution in [3.8, 4) is 0 Å². The number of halogens is 1. The van der Waals surface area contributed by atoms with Crippen LogP contribution in [0.4, 0.5) is 0 Å². The molecule has 0 aliphatic carbocycles. The van der Waals surface area contributed by atoms with Gasteiger partial charge in [-0.1, -0.05) is 6.07 Å². The Bertz CT molecular complexity index is 228. The molecule has 0 radical (unpaired) electrons. The summed E-state index contributed by atoms with van der Waals surface area (Å²) in [5.41, 5.74) is 0. The number of hydrogen-bond acceptors (Lipinski definition) is 3. The molecule has 1 N–H and O–H groups in total. The monoisotopic (exact) mass is 233 g/mol. The van der Waals surface area contributed by atoms with Crippen LogP contribution in [0.1, 0.15) is 4.88 Å². The van der Waals surface area contributed by atoms with Crippen molar-refractivity contribution in [1.29, 1.82) is 0 Å². The molecule has 0 fully saturated rings. The third-order valence-electron chi connectivity index (χ3n) is 1.94. The number of ether oxygens (including phenoxy) is 1. The second-order valence-corrected chi connectivity index (χ2v) is 4.43. The van der Waals surface area contributed by atoms with Gasteiger partial charge in [0.25, 0.3) is 0 Å². The summed E-state index contributed by atoms with van der Waals surface area (Å²) in [5.74, 6) is 0.596. The maximum Gasteiger partial charge on any atom is 0.0627 e. The van der Waals surface area contributed by atoms with Crippen molar-refractivity contribution >= 4 is 22.9 Å². The number of methoxy groups -OCH3 is 1. The first kappa shape index (κ1) is 12.0. The summed E-state index contributed by atoms with van der Waals surface area (Å²) in [4.78, 5) is 1.41. The lowest BCUT2D eigenvalue weighted by Gasteiger charge is -2.14. The molecule has 0 aliphatic rings. The molecule has 1 heterocycles. The quantitative estimate of drug-likeness (QED) is 0.729. The molecule has 0 bridgehead atoms. The Kier molecular flexibility index (Phi) is 6.19. The summed E-state index contributed by atoms with van der Waals surface area (Å²) < 4.78 is 5.04. The van der Waals surface area contributed by atoms with Crippen LogP contribution in [0.25, 0.3) is 0 Å². The third-order valence-corrected chi connectivity index (χ3v) is 3.25. The third kappa shape index (κ3) is 4.42. The van der Waals surface area contributed by atoms with Gasteiger partial charge < -0.3 is 10.1 Å². The lowest BCUT2D eigenvalue weighted by atomic mass is 10.3. The Morgan fingerprint density at radius 2 is 2.50 bits per heavy atom. The van der Waals surface area contributed by atoms with E-state index in [0.29, 0.717) is 12.5 Å². The van der Waals surface area contributed by atoms with Crippen molar-refractivity contribution in [3.05, 3.63) is 22.4 Å². The Hall–Kier alpha value is -0.0900. The zero-order chi connectivity index (χ0) is 10.2. The van der Waals surface area contributed by atoms with Gasteiger partial charge in [-0.3, -0.25) is 0 Å². The molecule has 0 saturated heterocycles. The highest BCUT2D eigenvalue weighted by atomic mass is 35.5. The molecule has 0 aliphatic heterocycles. The minimum atomic E-state index is 0.265. The van der Waals surface area contributed by atoms with E-state index >= 15 is 0 Å². The van der Waals surface area contributed by atoms with E-state index < -0.39 is 0 Å². The van der Waals surface area contributed by atoms with Crippen molar-refractivity contribution < 1.29 is 4.74 Å². The molecule has 1 aromatic heterocycles. The van der Waals surface area contributed by atoms with Crippen molar-refractivity contribution in [2.45, 2.75) is 12.5 Å². The SMILES string of the molecule is COCC(CCl)NCCc1cccs1. The van der Waals surface area contributed by atoms with Gasteiger partial charge in [-0.05, 0) is 17.9 Å². The first-order chi connectivity index (χ1) is 6.86. The summed E-state index contributed by atoms with van der Waals surface area (Å²) >= 11 is 7.56. The van der Waals surface area contributed by atoms with Crippen LogP contribution in [-0.2, 0) is 11.2 Å². The van der Waals surface area contributed by atoms with Gasteiger partial charge in [0.15, 0.2) is 0 Å². The molecule has 1 aromatic rings. The first-order valence-electron chi connectivity index (χ1n) is 4.67. The van der Waals surface area contributed by atoms with Gasteiger partial charge >= 0.3 is 0 Å². The largest absolute Gasteiger partial charge is 0.383 e. The maximum absolute atomic E-state index is 5.77. The molecular weight excluding hydrogens is 218 g/mol. The van der Waals surface area contributed by atoms with E-state index in [1.54, 1.807) is 18.4 Å². The van der Waals surface area contributed by atoms with E-state index in [4.69, 9.17) is 16.3 Å². The molecule has 0 amide bonds. The van der Waals surface area contributed by atoms with Gasteiger partial charge in [0, 0.05) is 30.5 Å². The van der Waals surface area contributed by atoms with Gasteiger partial charge in [-0.25, -0.2) is 0 Å². The molecule has 1 atom stereocenters. The average molecular weight is 234 g/mol. The molecule has 0 aromatic carbocycles. The Morgan fingerprint density at radius 3 is 3.07 bits per heavy atom. The number of nitrogens with one attached hydrogen (secondary N) is 1. The fourth-order valence-electron chi connectivity index (χ4n) is 1.21. The molecule has 14 heavy (non-hydrogen) atoms. The van der Waals surface area contributed by atoms with Gasteiger partial charge in [-0.2, -0.15) is 0 Å². The number of alkyl halides is 1. The van der Waals surface area contributed by atoms with E-state index in [2.05, 4.69) is 22.8 Å². The Balaban J connectivity index is 2.13. The van der Waals surface area contributed by atoms with Crippen LogP contribution in [0.15, 0.2) is 17.5 Å². The van der Waals surface area contributed by atoms with Crippen LogP contribution >= 0.6 is 22.9 Å². The predicted octanol–water partition coefficient (Wildman–Crippen LogP) is 2.13. The van der Waals surface area contributed by atoms with E-state index in [0.717, 1.165) is 13.0 Å². The van der Waals surface area contributed by atoms with Crippen molar-refractivity contribution in [1.82, 2.24) is 5.32 Å². The molecule has 1 unspecified atom stereocenters. The zero-order valence-electron chi connectivity index (χ0n) is 8.33. The molecule has 0 saturated carbocycles. The van der Waals surface area contributed by atoms with Crippen LogP contribution in [-0.4, -0.2) is 32.2 Å². The molecule has 80 valence electrons. The highest BCUT2D eigenvalue weighted by molar-refractivity contribution is 7.09. The Morgan fingerprint density at radius 1 is 1.64 bits per heavy atom. The van der Waals surface area contributed by atoms with Crippen molar-refractivity contribution in [2.24, 2.45) is 0 Å². The standard InChI is InChI=1S/C10H16ClNOS/c1-13-8-9(7-11)12-5-4-10-3-2-6-14-10/h2-3,6,9,12H,4-5,7-8H2,1H3. The fourth-order valence-corrected chi connectivity index (χ4v) is 2.12. The molecule has 0 spiro atoms. The molecule has 2 nitrogen and oxygen atoms in total. The highest BCUT2D eigenvalue weighted by Gasteiger charge is 2.05. The van der Waals surface area contributed by atoms with Crippen molar-refractivity contribution in [3.63, 3.8) is 0 Å². The van der Waals surface area contributed by atoms with Crippen LogP contribution in [0.5, 0.6) is 0 Å². The second-order valence-electron chi connectivity index (χ2n) is 3.09. The highest BCUT2D eigenvalue weighted by Crippen LogP contribution is 2.08. The van der Waals surface area contributed by atoms with E-state index in [-0.39, 0.29) is 6.04 Å². The van der Waals surface area contributed by atoms with Crippen LogP contribution < -0.4 is 5.32 Å². The van der Waals surface area contributed by atoms with Crippen LogP contribution in [0.3, 0.4) is 0 Å². The van der Waals surface area contributed by atoms with Gasteiger partial charge in [0.05, 0.1) is 6.61 Å². The topological polar surface area (TPSA) is 21.3 Å². The number of rotatable bonds is 7. The van der Waals surface area contributed by atoms with Gasteiger partial charge in [0.1, 0.15) is 0 Å². The summed E-state index contributed by atoms with van der Waals surface area (Å²) in [5, 5.41) is 5.46. The zero-order valence-corrected chi connectivity index (χ0v) is 9.90. The molecule has 1 rings (SSSR count). The lowest BCUT2D eigenvalue weighted by Crippen LogP contribution is -2.36. The number of thiophene rings is 1. The van der Waals surface area contributed by atoms with E-state index in [1.807, 2.05) is 0 Å². The summed E-state index contributed by atoms with van der Waals surface area (Å²) in [6, 6.07) is 4.49. The van der Waals surface area contributed by atoms with Crippen molar-refractivity contribution in [2.75, 3.05) is 26.1 Å². The smallest absolute Gasteiger partial charge is 0.0627 e. The normalized spacial score (nSPS) is 13.0. The minimum absolute atomic E-state index is 0.265. The summed E-state index contributed by atoms with van der Waals surface area (Å²) in [6.45, 7) is 1.63. The fraction of sp³-hybridized carbons (Fsp3) is 0.600. The number of hydrogen-bond donors (Lipinski definition) is 1. The van der Waals surface area contributed by atoms with Crippen LogP contribution in [0, 0.1) is 0 Å². The van der Waals surface area contributed by atoms with Gasteiger partial charge in [0.2, 0.25) is 0 Å². The molecular formula is C10H16ClNOS. The average Bonchev–Trinajstić information content (AvgIpc) is 2.69. The first-order valence-corrected chi connectivity index (χ1v) is 6.09. The Labute approximate surface area is 94.2 Å².